The van der Waals surface area contributed by atoms with Gasteiger partial charge in [-0.1, -0.05) is 18.2 Å². The molecule has 17 heavy (non-hydrogen) atoms. The predicted molar refractivity (Wildman–Crippen MR) is 65.5 cm³/mol. The van der Waals surface area contributed by atoms with Crippen LogP contribution in [-0.2, 0) is 11.3 Å². The fraction of sp³-hybridized carbons (Fsp3) is 0.333. The normalized spacial score (nSPS) is 19.7. The Morgan fingerprint density at radius 3 is 2.88 bits per heavy atom. The molecular formula is C12H16N4O. The van der Waals surface area contributed by atoms with Gasteiger partial charge in [0.2, 0.25) is 5.91 Å². The lowest BCUT2D eigenvalue weighted by atomic mass is 10.1. The molecule has 5 nitrogen and oxygen atoms in total. The van der Waals surface area contributed by atoms with Gasteiger partial charge in [0.25, 0.3) is 0 Å². The smallest absolute Gasteiger partial charge is 0.224 e. The van der Waals surface area contributed by atoms with E-state index in [9.17, 15) is 4.79 Å². The van der Waals surface area contributed by atoms with E-state index in [1.54, 1.807) is 11.0 Å². The van der Waals surface area contributed by atoms with Crippen molar-refractivity contribution < 1.29 is 4.79 Å². The maximum Gasteiger partial charge on any atom is 0.224 e. The fourth-order valence-electron chi connectivity index (χ4n) is 2.01. The molecule has 1 amide bonds. The summed E-state index contributed by atoms with van der Waals surface area (Å²) < 4.78 is 0. The van der Waals surface area contributed by atoms with Gasteiger partial charge in [0.1, 0.15) is 5.84 Å². The molecule has 2 rings (SSSR count). The highest BCUT2D eigenvalue weighted by Crippen LogP contribution is 2.14. The van der Waals surface area contributed by atoms with Gasteiger partial charge in [-0.3, -0.25) is 10.2 Å². The van der Waals surface area contributed by atoms with E-state index in [0.717, 1.165) is 5.56 Å². The third-order valence-electron chi connectivity index (χ3n) is 2.86. The molecule has 1 fully saturated rings. The summed E-state index contributed by atoms with van der Waals surface area (Å²) in [6.07, 6.45) is 0.423. The van der Waals surface area contributed by atoms with Gasteiger partial charge < -0.3 is 16.4 Å². The number of amidine groups is 1. The van der Waals surface area contributed by atoms with Gasteiger partial charge in [0.05, 0.1) is 0 Å². The molecule has 1 aliphatic heterocycles. The van der Waals surface area contributed by atoms with Crippen LogP contribution in [0.3, 0.4) is 0 Å². The molecule has 0 saturated carbocycles. The molecule has 0 bridgehead atoms. The first-order valence-electron chi connectivity index (χ1n) is 5.53. The van der Waals surface area contributed by atoms with Crippen LogP contribution >= 0.6 is 0 Å². The number of nitrogens with zero attached hydrogens (tertiary/aromatic N) is 1. The third kappa shape index (κ3) is 2.62. The molecule has 5 N–H and O–H groups in total. The monoisotopic (exact) mass is 232 g/mol. The number of hydrogen-bond acceptors (Lipinski definition) is 3. The average molecular weight is 232 g/mol. The Bertz CT molecular complexity index is 458. The summed E-state index contributed by atoms with van der Waals surface area (Å²) in [6.45, 7) is 1.14. The molecule has 1 aliphatic rings. The number of nitrogens with two attached hydrogens (primary N) is 2. The largest absolute Gasteiger partial charge is 0.384 e. The van der Waals surface area contributed by atoms with Crippen LogP contribution in [0.5, 0.6) is 0 Å². The summed E-state index contributed by atoms with van der Waals surface area (Å²) in [5.41, 5.74) is 12.8. The van der Waals surface area contributed by atoms with Crippen LogP contribution in [0.2, 0.25) is 0 Å². The first kappa shape index (κ1) is 11.6. The Balaban J connectivity index is 2.11. The second kappa shape index (κ2) is 4.55. The Morgan fingerprint density at radius 1 is 1.53 bits per heavy atom. The van der Waals surface area contributed by atoms with E-state index in [4.69, 9.17) is 16.9 Å². The van der Waals surface area contributed by atoms with Gasteiger partial charge in [0, 0.05) is 31.1 Å². The summed E-state index contributed by atoms with van der Waals surface area (Å²) in [4.78, 5) is 13.3. The average Bonchev–Trinajstić information content (AvgIpc) is 2.58. The first-order chi connectivity index (χ1) is 8.06. The summed E-state index contributed by atoms with van der Waals surface area (Å²) in [5, 5.41) is 7.37. The number of likely N-dealkylation sites (tertiary alicyclic amines) is 1. The molecule has 0 unspecified atom stereocenters. The summed E-state index contributed by atoms with van der Waals surface area (Å²) in [7, 11) is 0. The minimum Gasteiger partial charge on any atom is -0.384 e. The minimum absolute atomic E-state index is 0.0382. The van der Waals surface area contributed by atoms with Crippen LogP contribution < -0.4 is 11.5 Å². The molecule has 5 heteroatoms. The zero-order valence-electron chi connectivity index (χ0n) is 9.52. The van der Waals surface area contributed by atoms with Crippen molar-refractivity contribution in [3.05, 3.63) is 35.4 Å². The molecule has 1 atom stereocenters. The van der Waals surface area contributed by atoms with Crippen LogP contribution in [0.4, 0.5) is 0 Å². The number of amides is 1. The van der Waals surface area contributed by atoms with Crippen molar-refractivity contribution in [2.75, 3.05) is 6.54 Å². The topological polar surface area (TPSA) is 96.2 Å². The number of carbonyl (C=O) groups excluding carboxylic acids is 1. The Kier molecular flexibility index (Phi) is 3.10. The summed E-state index contributed by atoms with van der Waals surface area (Å²) in [6, 6.07) is 7.32. The van der Waals surface area contributed by atoms with Crippen molar-refractivity contribution >= 4 is 11.7 Å². The van der Waals surface area contributed by atoms with Crippen molar-refractivity contribution in [1.29, 1.82) is 5.41 Å². The molecule has 0 aliphatic carbocycles. The van der Waals surface area contributed by atoms with E-state index >= 15 is 0 Å². The lowest BCUT2D eigenvalue weighted by Gasteiger charge is -2.16. The van der Waals surface area contributed by atoms with Crippen molar-refractivity contribution in [3.63, 3.8) is 0 Å². The molecule has 1 aromatic carbocycles. The van der Waals surface area contributed by atoms with E-state index in [1.807, 2.05) is 18.2 Å². The number of hydrogen-bond donors (Lipinski definition) is 3. The number of rotatable bonds is 3. The predicted octanol–water partition coefficient (Wildman–Crippen LogP) is 0.0303. The summed E-state index contributed by atoms with van der Waals surface area (Å²) >= 11 is 0. The Labute approximate surface area is 99.9 Å². The molecular weight excluding hydrogens is 216 g/mol. The fourth-order valence-corrected chi connectivity index (χ4v) is 2.01. The maximum atomic E-state index is 11.6. The number of nitrogens with one attached hydrogen (secondary N) is 1. The lowest BCUT2D eigenvalue weighted by molar-refractivity contribution is -0.128. The molecule has 90 valence electrons. The Hall–Kier alpha value is -1.88. The van der Waals surface area contributed by atoms with Crippen molar-refractivity contribution in [1.82, 2.24) is 4.90 Å². The molecule has 0 aromatic heterocycles. The zero-order valence-corrected chi connectivity index (χ0v) is 9.52. The van der Waals surface area contributed by atoms with Crippen molar-refractivity contribution in [3.8, 4) is 0 Å². The van der Waals surface area contributed by atoms with E-state index in [2.05, 4.69) is 0 Å². The van der Waals surface area contributed by atoms with Crippen LogP contribution in [0.25, 0.3) is 0 Å². The van der Waals surface area contributed by atoms with E-state index in [0.29, 0.717) is 25.1 Å². The number of carbonyl (C=O) groups is 1. The van der Waals surface area contributed by atoms with Gasteiger partial charge in [-0.05, 0) is 11.6 Å². The molecule has 0 radical (unpaired) electrons. The van der Waals surface area contributed by atoms with Crippen LogP contribution in [0, 0.1) is 5.41 Å². The second-order valence-electron chi connectivity index (χ2n) is 4.35. The highest BCUT2D eigenvalue weighted by molar-refractivity contribution is 5.95. The third-order valence-corrected chi connectivity index (χ3v) is 2.86. The molecule has 1 heterocycles. The quantitative estimate of drug-likeness (QED) is 0.506. The van der Waals surface area contributed by atoms with E-state index in [1.165, 1.54) is 0 Å². The second-order valence-corrected chi connectivity index (χ2v) is 4.35. The van der Waals surface area contributed by atoms with Gasteiger partial charge in [-0.2, -0.15) is 0 Å². The van der Waals surface area contributed by atoms with Gasteiger partial charge >= 0.3 is 0 Å². The molecule has 0 spiro atoms. The minimum atomic E-state index is -0.0570. The van der Waals surface area contributed by atoms with Gasteiger partial charge in [0.15, 0.2) is 0 Å². The standard InChI is InChI=1S/C12H16N4O/c13-10-5-11(17)16(7-10)6-8-2-1-3-9(4-8)12(14)15/h1-4,10H,5-7,13H2,(H3,14,15)/t10-/m0/s1. The zero-order chi connectivity index (χ0) is 12.4. The molecule has 1 aromatic rings. The Morgan fingerprint density at radius 2 is 2.29 bits per heavy atom. The van der Waals surface area contributed by atoms with Crippen LogP contribution in [-0.4, -0.2) is 29.2 Å². The lowest BCUT2D eigenvalue weighted by Crippen LogP contribution is -2.27. The SMILES string of the molecule is N=C(N)c1cccc(CN2C[C@@H](N)CC2=O)c1. The van der Waals surface area contributed by atoms with Crippen molar-refractivity contribution in [2.24, 2.45) is 11.5 Å². The summed E-state index contributed by atoms with van der Waals surface area (Å²) in [5.74, 6) is 0.127. The van der Waals surface area contributed by atoms with E-state index in [-0.39, 0.29) is 17.8 Å². The number of nitrogen functional groups attached to an aromatic ring is 1. The highest BCUT2D eigenvalue weighted by Gasteiger charge is 2.26. The van der Waals surface area contributed by atoms with Gasteiger partial charge in [-0.15, -0.1) is 0 Å². The van der Waals surface area contributed by atoms with Crippen LogP contribution in [0.1, 0.15) is 17.5 Å². The van der Waals surface area contributed by atoms with Gasteiger partial charge in [-0.25, -0.2) is 0 Å². The van der Waals surface area contributed by atoms with E-state index < -0.39 is 0 Å². The number of benzene rings is 1. The first-order valence-corrected chi connectivity index (χ1v) is 5.53. The van der Waals surface area contributed by atoms with Crippen LogP contribution in [0.15, 0.2) is 24.3 Å². The van der Waals surface area contributed by atoms with Crippen molar-refractivity contribution in [2.45, 2.75) is 19.0 Å². The highest BCUT2D eigenvalue weighted by atomic mass is 16.2. The molecule has 1 saturated heterocycles. The maximum absolute atomic E-state index is 11.6.